The molecule has 0 radical (unpaired) electrons. The lowest BCUT2D eigenvalue weighted by molar-refractivity contribution is 0.327. The monoisotopic (exact) mass is 407 g/mol. The summed E-state index contributed by atoms with van der Waals surface area (Å²) in [6.45, 7) is 0. The second kappa shape index (κ2) is 7.10. The Morgan fingerprint density at radius 3 is 2.44 bits per heavy atom. The maximum Gasteiger partial charge on any atom is 0.205 e. The molecule has 1 aromatic heterocycles. The van der Waals surface area contributed by atoms with E-state index in [2.05, 4.69) is 31.2 Å². The van der Waals surface area contributed by atoms with Crippen LogP contribution in [0.25, 0.3) is 10.9 Å². The summed E-state index contributed by atoms with van der Waals surface area (Å²) in [7, 11) is 4.58. The number of halogens is 2. The van der Waals surface area contributed by atoms with Gasteiger partial charge in [0.1, 0.15) is 23.5 Å². The van der Waals surface area contributed by atoms with E-state index in [4.69, 9.17) is 14.2 Å². The van der Waals surface area contributed by atoms with E-state index in [1.54, 1.807) is 12.1 Å². The van der Waals surface area contributed by atoms with Crippen molar-refractivity contribution in [3.05, 3.63) is 40.9 Å². The van der Waals surface area contributed by atoms with Gasteiger partial charge in [-0.3, -0.25) is 0 Å². The lowest BCUT2D eigenvalue weighted by Crippen LogP contribution is -2.01. The topological polar surface area (TPSA) is 65.5 Å². The van der Waals surface area contributed by atoms with Crippen molar-refractivity contribution < 1.29 is 18.6 Å². The molecule has 0 saturated carbocycles. The SMILES string of the molecule is COc1cc2c(Nc3cc(F)ccc3Br)ncnc2c(OC)c1OC. The normalized spacial score (nSPS) is 10.6. The Morgan fingerprint density at radius 1 is 1.00 bits per heavy atom. The molecule has 130 valence electrons. The summed E-state index contributed by atoms with van der Waals surface area (Å²) >= 11 is 3.39. The minimum Gasteiger partial charge on any atom is -0.493 e. The van der Waals surface area contributed by atoms with Gasteiger partial charge in [0, 0.05) is 4.47 Å². The second-order valence-electron chi connectivity index (χ2n) is 5.01. The number of aromatic nitrogens is 2. The largest absolute Gasteiger partial charge is 0.493 e. The van der Waals surface area contributed by atoms with E-state index in [9.17, 15) is 4.39 Å². The molecule has 3 rings (SSSR count). The molecule has 2 aromatic carbocycles. The van der Waals surface area contributed by atoms with Crippen LogP contribution in [0.5, 0.6) is 17.2 Å². The molecule has 6 nitrogen and oxygen atoms in total. The predicted molar refractivity (Wildman–Crippen MR) is 96.6 cm³/mol. The number of nitrogens with one attached hydrogen (secondary N) is 1. The van der Waals surface area contributed by atoms with Crippen molar-refractivity contribution in [1.29, 1.82) is 0 Å². The average Bonchev–Trinajstić information content (AvgIpc) is 2.63. The molecule has 0 atom stereocenters. The number of methoxy groups -OCH3 is 3. The fourth-order valence-electron chi connectivity index (χ4n) is 2.48. The molecule has 0 aliphatic carbocycles. The first kappa shape index (κ1) is 17.2. The number of hydrogen-bond acceptors (Lipinski definition) is 6. The minimum absolute atomic E-state index is 0.360. The Labute approximate surface area is 152 Å². The molecule has 25 heavy (non-hydrogen) atoms. The minimum atomic E-state index is -0.360. The van der Waals surface area contributed by atoms with Crippen LogP contribution in [-0.4, -0.2) is 31.3 Å². The molecule has 1 heterocycles. The van der Waals surface area contributed by atoms with E-state index in [0.717, 1.165) is 0 Å². The summed E-state index contributed by atoms with van der Waals surface area (Å²) in [6.07, 6.45) is 1.40. The summed E-state index contributed by atoms with van der Waals surface area (Å²) in [4.78, 5) is 8.54. The van der Waals surface area contributed by atoms with Crippen LogP contribution < -0.4 is 19.5 Å². The number of rotatable bonds is 5. The van der Waals surface area contributed by atoms with Crippen LogP contribution in [0, 0.1) is 5.82 Å². The third-order valence-corrected chi connectivity index (χ3v) is 4.31. The van der Waals surface area contributed by atoms with Gasteiger partial charge in [-0.1, -0.05) is 0 Å². The van der Waals surface area contributed by atoms with Crippen molar-refractivity contribution in [3.8, 4) is 17.2 Å². The lowest BCUT2D eigenvalue weighted by atomic mass is 10.1. The zero-order valence-corrected chi connectivity index (χ0v) is 15.3. The van der Waals surface area contributed by atoms with Gasteiger partial charge >= 0.3 is 0 Å². The van der Waals surface area contributed by atoms with Crippen molar-refractivity contribution in [1.82, 2.24) is 9.97 Å². The van der Waals surface area contributed by atoms with Crippen molar-refractivity contribution >= 4 is 38.3 Å². The van der Waals surface area contributed by atoms with Gasteiger partial charge in [-0.25, -0.2) is 14.4 Å². The van der Waals surface area contributed by atoms with Gasteiger partial charge in [-0.15, -0.1) is 0 Å². The highest BCUT2D eigenvalue weighted by Gasteiger charge is 2.19. The van der Waals surface area contributed by atoms with Gasteiger partial charge in [-0.05, 0) is 40.2 Å². The molecule has 0 fully saturated rings. The fourth-order valence-corrected chi connectivity index (χ4v) is 2.83. The summed E-state index contributed by atoms with van der Waals surface area (Å²) in [6, 6.07) is 6.09. The van der Waals surface area contributed by atoms with E-state index in [1.165, 1.54) is 39.8 Å². The summed E-state index contributed by atoms with van der Waals surface area (Å²) in [5.74, 6) is 1.47. The molecule has 0 saturated heterocycles. The third kappa shape index (κ3) is 3.17. The van der Waals surface area contributed by atoms with Gasteiger partial charge in [0.15, 0.2) is 11.5 Å². The van der Waals surface area contributed by atoms with Crippen LogP contribution in [0.4, 0.5) is 15.9 Å². The number of ether oxygens (including phenoxy) is 3. The Balaban J connectivity index is 2.21. The quantitative estimate of drug-likeness (QED) is 0.679. The number of benzene rings is 2. The molecule has 3 aromatic rings. The van der Waals surface area contributed by atoms with Gasteiger partial charge < -0.3 is 19.5 Å². The van der Waals surface area contributed by atoms with Gasteiger partial charge in [0.2, 0.25) is 5.75 Å². The third-order valence-electron chi connectivity index (χ3n) is 3.61. The molecule has 0 aliphatic rings. The number of anilines is 2. The van der Waals surface area contributed by atoms with Crippen molar-refractivity contribution in [2.75, 3.05) is 26.6 Å². The summed E-state index contributed by atoms with van der Waals surface area (Å²) in [5.41, 5.74) is 1.08. The van der Waals surface area contributed by atoms with Gasteiger partial charge in [-0.2, -0.15) is 0 Å². The molecule has 0 spiro atoms. The molecular formula is C17H15BrFN3O3. The average molecular weight is 408 g/mol. The molecule has 0 bridgehead atoms. The van der Waals surface area contributed by atoms with Crippen LogP contribution in [0.15, 0.2) is 35.1 Å². The zero-order valence-electron chi connectivity index (χ0n) is 13.8. The lowest BCUT2D eigenvalue weighted by Gasteiger charge is -2.16. The van der Waals surface area contributed by atoms with Gasteiger partial charge in [0.25, 0.3) is 0 Å². The van der Waals surface area contributed by atoms with E-state index >= 15 is 0 Å². The summed E-state index contributed by atoms with van der Waals surface area (Å²) in [5, 5.41) is 3.75. The fraction of sp³-hybridized carbons (Fsp3) is 0.176. The van der Waals surface area contributed by atoms with Crippen LogP contribution >= 0.6 is 15.9 Å². The smallest absolute Gasteiger partial charge is 0.205 e. The predicted octanol–water partition coefficient (Wildman–Crippen LogP) is 4.30. The van der Waals surface area contributed by atoms with Crippen molar-refractivity contribution in [2.45, 2.75) is 0 Å². The second-order valence-corrected chi connectivity index (χ2v) is 5.87. The van der Waals surface area contributed by atoms with Crippen molar-refractivity contribution in [3.63, 3.8) is 0 Å². The number of nitrogens with zero attached hydrogens (tertiary/aromatic N) is 2. The van der Waals surface area contributed by atoms with E-state index in [0.29, 0.717) is 44.1 Å². The van der Waals surface area contributed by atoms with E-state index < -0.39 is 0 Å². The molecule has 8 heteroatoms. The van der Waals surface area contributed by atoms with Crippen LogP contribution in [0.3, 0.4) is 0 Å². The van der Waals surface area contributed by atoms with Crippen molar-refractivity contribution in [2.24, 2.45) is 0 Å². The number of hydrogen-bond donors (Lipinski definition) is 1. The van der Waals surface area contributed by atoms with E-state index in [1.807, 2.05) is 0 Å². The van der Waals surface area contributed by atoms with Crippen LogP contribution in [0.1, 0.15) is 0 Å². The first-order valence-corrected chi connectivity index (χ1v) is 8.04. The first-order valence-electron chi connectivity index (χ1n) is 7.24. The molecule has 0 aliphatic heterocycles. The standard InChI is InChI=1S/C17H15BrFN3O3/c1-23-13-7-10-14(16(25-3)15(13)24-2)20-8-21-17(10)22-12-6-9(19)4-5-11(12)18/h4-8H,1-3H3,(H,20,21,22). The Hall–Kier alpha value is -2.61. The molecule has 0 amide bonds. The number of fused-ring (bicyclic) bond motifs is 1. The zero-order chi connectivity index (χ0) is 18.0. The molecular weight excluding hydrogens is 393 g/mol. The molecule has 1 N–H and O–H groups in total. The molecule has 0 unspecified atom stereocenters. The van der Waals surface area contributed by atoms with E-state index in [-0.39, 0.29) is 5.82 Å². The van der Waals surface area contributed by atoms with Crippen LogP contribution in [-0.2, 0) is 0 Å². The highest BCUT2D eigenvalue weighted by atomic mass is 79.9. The Kier molecular flexibility index (Phi) is 4.89. The van der Waals surface area contributed by atoms with Crippen LogP contribution in [0.2, 0.25) is 0 Å². The Bertz CT molecular complexity index is 937. The maximum absolute atomic E-state index is 13.5. The Morgan fingerprint density at radius 2 is 1.76 bits per heavy atom. The first-order chi connectivity index (χ1) is 12.1. The van der Waals surface area contributed by atoms with Gasteiger partial charge in [0.05, 0.1) is 32.4 Å². The highest BCUT2D eigenvalue weighted by molar-refractivity contribution is 9.10. The summed E-state index contributed by atoms with van der Waals surface area (Å²) < 4.78 is 30.4. The maximum atomic E-state index is 13.5. The highest BCUT2D eigenvalue weighted by Crippen LogP contribution is 2.44.